The summed E-state index contributed by atoms with van der Waals surface area (Å²) >= 11 is 0. The van der Waals surface area contributed by atoms with Crippen molar-refractivity contribution in [3.05, 3.63) is 77.3 Å². The van der Waals surface area contributed by atoms with Crippen LogP contribution in [-0.2, 0) is 23.8 Å². The standard InChI is InChI=1S/C26H27N7O3/c1-4-22(34)28-18-7-5-6-16(8-18)13-32-15-19(29-20-14-31(2)30-24(20)36-3)23-27-12-21(33(23)25(32)35)26-9-17(10-26)11-26/h4-8,12,14-15,17,29H,1,9-11,13H2,2-3H3,(H,28,34). The first kappa shape index (κ1) is 22.1. The van der Waals surface area contributed by atoms with Crippen molar-refractivity contribution in [2.75, 3.05) is 17.7 Å². The van der Waals surface area contributed by atoms with Gasteiger partial charge in [-0.2, -0.15) is 0 Å². The molecule has 0 aliphatic heterocycles. The maximum absolute atomic E-state index is 13.8. The number of hydrogen-bond acceptors (Lipinski definition) is 6. The molecule has 7 rings (SSSR count). The summed E-state index contributed by atoms with van der Waals surface area (Å²) in [5.41, 5.74) is 4.33. The van der Waals surface area contributed by atoms with Crippen molar-refractivity contribution in [1.29, 1.82) is 0 Å². The van der Waals surface area contributed by atoms with Crippen LogP contribution in [0.2, 0.25) is 0 Å². The van der Waals surface area contributed by atoms with Gasteiger partial charge in [-0.25, -0.2) is 14.2 Å². The summed E-state index contributed by atoms with van der Waals surface area (Å²) in [4.78, 5) is 30.2. The summed E-state index contributed by atoms with van der Waals surface area (Å²) in [6.07, 6.45) is 10.0. The fourth-order valence-corrected chi connectivity index (χ4v) is 5.49. The molecule has 36 heavy (non-hydrogen) atoms. The Morgan fingerprint density at radius 3 is 2.78 bits per heavy atom. The molecule has 0 spiro atoms. The molecule has 0 radical (unpaired) electrons. The number of fused-ring (bicyclic) bond motifs is 1. The molecule has 1 aromatic carbocycles. The second-order valence-electron chi connectivity index (χ2n) is 9.76. The predicted octanol–water partition coefficient (Wildman–Crippen LogP) is 3.21. The normalized spacial score (nSPS) is 19.9. The molecule has 2 N–H and O–H groups in total. The number of benzene rings is 1. The molecule has 3 aromatic heterocycles. The molecule has 2 bridgehead atoms. The van der Waals surface area contributed by atoms with E-state index in [1.165, 1.54) is 6.08 Å². The van der Waals surface area contributed by atoms with E-state index in [-0.39, 0.29) is 17.0 Å². The van der Waals surface area contributed by atoms with Crippen molar-refractivity contribution >= 4 is 28.6 Å². The van der Waals surface area contributed by atoms with Gasteiger partial charge in [0.15, 0.2) is 5.65 Å². The van der Waals surface area contributed by atoms with Gasteiger partial charge in [0.1, 0.15) is 5.69 Å². The topological polar surface area (TPSA) is 107 Å². The van der Waals surface area contributed by atoms with E-state index in [0.717, 1.165) is 36.4 Å². The molecule has 4 aromatic rings. The lowest BCUT2D eigenvalue weighted by Crippen LogP contribution is -2.56. The molecule has 3 fully saturated rings. The molecule has 3 aliphatic rings. The van der Waals surface area contributed by atoms with Gasteiger partial charge >= 0.3 is 5.69 Å². The summed E-state index contributed by atoms with van der Waals surface area (Å²) < 4.78 is 10.5. The maximum atomic E-state index is 13.8. The zero-order valence-electron chi connectivity index (χ0n) is 20.2. The highest BCUT2D eigenvalue weighted by Crippen LogP contribution is 2.64. The summed E-state index contributed by atoms with van der Waals surface area (Å²) in [6, 6.07) is 7.43. The largest absolute Gasteiger partial charge is 0.478 e. The molecular formula is C26H27N7O3. The average molecular weight is 486 g/mol. The number of hydrogen-bond donors (Lipinski definition) is 2. The van der Waals surface area contributed by atoms with Crippen molar-refractivity contribution in [1.82, 2.24) is 23.7 Å². The van der Waals surface area contributed by atoms with Gasteiger partial charge in [-0.15, -0.1) is 5.10 Å². The number of carbonyl (C=O) groups excluding carboxylic acids is 1. The lowest BCUT2D eigenvalue weighted by atomic mass is 9.43. The van der Waals surface area contributed by atoms with E-state index in [1.807, 2.05) is 37.6 Å². The van der Waals surface area contributed by atoms with Crippen molar-refractivity contribution in [2.45, 2.75) is 31.2 Å². The minimum atomic E-state index is -0.288. The number of imidazole rings is 1. The van der Waals surface area contributed by atoms with Crippen LogP contribution >= 0.6 is 0 Å². The van der Waals surface area contributed by atoms with Gasteiger partial charge in [0, 0.05) is 24.3 Å². The first-order valence-corrected chi connectivity index (χ1v) is 11.9. The number of aryl methyl sites for hydroxylation is 1. The van der Waals surface area contributed by atoms with Crippen molar-refractivity contribution in [3.8, 4) is 5.88 Å². The molecule has 10 heteroatoms. The van der Waals surface area contributed by atoms with Gasteiger partial charge in [-0.05, 0) is 49.0 Å². The fourth-order valence-electron chi connectivity index (χ4n) is 5.49. The molecular weight excluding hydrogens is 458 g/mol. The SMILES string of the molecule is C=CC(=O)Nc1cccc(Cn2cc(Nc3cn(C)nc3OC)c3ncc(C45CC(C4)C5)n3c2=O)c1. The van der Waals surface area contributed by atoms with E-state index in [2.05, 4.69) is 27.3 Å². The number of amides is 1. The van der Waals surface area contributed by atoms with E-state index in [0.29, 0.717) is 35.1 Å². The number of carbonyl (C=O) groups is 1. The van der Waals surface area contributed by atoms with Crippen LogP contribution in [0.5, 0.6) is 5.88 Å². The molecule has 1 amide bonds. The number of anilines is 3. The Morgan fingerprint density at radius 1 is 1.28 bits per heavy atom. The van der Waals surface area contributed by atoms with E-state index in [9.17, 15) is 9.59 Å². The van der Waals surface area contributed by atoms with E-state index < -0.39 is 0 Å². The van der Waals surface area contributed by atoms with Gasteiger partial charge in [-0.1, -0.05) is 18.7 Å². The fraction of sp³-hybridized carbons (Fsp3) is 0.308. The summed E-state index contributed by atoms with van der Waals surface area (Å²) in [7, 11) is 3.39. The van der Waals surface area contributed by atoms with Crippen molar-refractivity contribution in [2.24, 2.45) is 13.0 Å². The van der Waals surface area contributed by atoms with Crippen LogP contribution in [0.4, 0.5) is 17.1 Å². The lowest BCUT2D eigenvalue weighted by molar-refractivity contribution is -0.111. The van der Waals surface area contributed by atoms with E-state index in [4.69, 9.17) is 4.74 Å². The van der Waals surface area contributed by atoms with E-state index >= 15 is 0 Å². The first-order chi connectivity index (χ1) is 17.4. The number of rotatable bonds is 8. The Balaban J connectivity index is 1.44. The third-order valence-electron chi connectivity index (χ3n) is 7.30. The number of methoxy groups -OCH3 is 1. The zero-order valence-corrected chi connectivity index (χ0v) is 20.2. The zero-order chi connectivity index (χ0) is 25.0. The minimum Gasteiger partial charge on any atom is -0.478 e. The van der Waals surface area contributed by atoms with Crippen LogP contribution < -0.4 is 21.1 Å². The van der Waals surface area contributed by atoms with Gasteiger partial charge in [0.25, 0.3) is 5.88 Å². The molecule has 0 saturated heterocycles. The van der Waals surface area contributed by atoms with Crippen LogP contribution in [-0.4, -0.2) is 36.7 Å². The summed E-state index contributed by atoms with van der Waals surface area (Å²) in [6.45, 7) is 3.81. The van der Waals surface area contributed by atoms with Crippen molar-refractivity contribution in [3.63, 3.8) is 0 Å². The average Bonchev–Trinajstić information content (AvgIpc) is 3.39. The first-order valence-electron chi connectivity index (χ1n) is 11.9. The monoisotopic (exact) mass is 485 g/mol. The Morgan fingerprint density at radius 2 is 2.08 bits per heavy atom. The second kappa shape index (κ2) is 8.11. The molecule has 3 saturated carbocycles. The van der Waals surface area contributed by atoms with Crippen LogP contribution in [0.25, 0.3) is 5.65 Å². The van der Waals surface area contributed by atoms with Gasteiger partial charge in [0.05, 0.1) is 37.4 Å². The highest BCUT2D eigenvalue weighted by Gasteiger charge is 2.59. The minimum absolute atomic E-state index is 0.0561. The lowest BCUT2D eigenvalue weighted by Gasteiger charge is -2.61. The van der Waals surface area contributed by atoms with Gasteiger partial charge < -0.3 is 15.4 Å². The van der Waals surface area contributed by atoms with Crippen LogP contribution in [0.3, 0.4) is 0 Å². The Kier molecular flexibility index (Phi) is 4.99. The Bertz CT molecular complexity index is 1560. The van der Waals surface area contributed by atoms with Crippen LogP contribution in [0.15, 0.2) is 60.3 Å². The number of ether oxygens (including phenoxy) is 1. The van der Waals surface area contributed by atoms with Gasteiger partial charge in [-0.3, -0.25) is 14.0 Å². The summed E-state index contributed by atoms with van der Waals surface area (Å²) in [5, 5.41) is 10.5. The predicted molar refractivity (Wildman–Crippen MR) is 136 cm³/mol. The van der Waals surface area contributed by atoms with Crippen LogP contribution in [0, 0.1) is 5.92 Å². The number of nitrogens with one attached hydrogen (secondary N) is 2. The summed E-state index contributed by atoms with van der Waals surface area (Å²) in [5.74, 6) is 0.932. The number of aromatic nitrogens is 5. The molecule has 0 unspecified atom stereocenters. The molecule has 3 heterocycles. The third kappa shape index (κ3) is 3.48. The molecule has 10 nitrogen and oxygen atoms in total. The highest BCUT2D eigenvalue weighted by molar-refractivity contribution is 5.98. The Labute approximate surface area is 207 Å². The molecule has 3 aliphatic carbocycles. The third-order valence-corrected chi connectivity index (χ3v) is 7.30. The molecule has 184 valence electrons. The second-order valence-corrected chi connectivity index (χ2v) is 9.76. The molecule has 0 atom stereocenters. The highest BCUT2D eigenvalue weighted by atomic mass is 16.5. The smallest absolute Gasteiger partial charge is 0.334 e. The van der Waals surface area contributed by atoms with Crippen molar-refractivity contribution < 1.29 is 9.53 Å². The number of nitrogens with zero attached hydrogens (tertiary/aromatic N) is 5. The van der Waals surface area contributed by atoms with Gasteiger partial charge in [0.2, 0.25) is 5.91 Å². The Hall–Kier alpha value is -4.34. The quantitative estimate of drug-likeness (QED) is 0.371. The van der Waals surface area contributed by atoms with E-state index in [1.54, 1.807) is 33.0 Å². The maximum Gasteiger partial charge on any atom is 0.334 e. The van der Waals surface area contributed by atoms with Crippen LogP contribution in [0.1, 0.15) is 30.5 Å².